The number of hydrogen-bond acceptors (Lipinski definition) is 7. The number of benzene rings is 1. The molecule has 1 unspecified atom stereocenters. The second-order valence-electron chi connectivity index (χ2n) is 7.29. The van der Waals surface area contributed by atoms with Crippen LogP contribution in [0.3, 0.4) is 0 Å². The summed E-state index contributed by atoms with van der Waals surface area (Å²) in [6, 6.07) is 8.53. The highest BCUT2D eigenvalue weighted by atomic mass is 35.5. The van der Waals surface area contributed by atoms with Gasteiger partial charge in [0.2, 0.25) is 5.90 Å². The molecule has 31 heavy (non-hydrogen) atoms. The predicted molar refractivity (Wildman–Crippen MR) is 114 cm³/mol. The third-order valence-corrected chi connectivity index (χ3v) is 5.64. The number of ether oxygens (including phenoxy) is 3. The van der Waals surface area contributed by atoms with Crippen molar-refractivity contribution >= 4 is 29.4 Å². The highest BCUT2D eigenvalue weighted by Crippen LogP contribution is 2.45. The quantitative estimate of drug-likeness (QED) is 0.608. The molecule has 1 aromatic carbocycles. The number of aliphatic imine (C=N–C) groups is 1. The lowest BCUT2D eigenvalue weighted by Gasteiger charge is -2.25. The van der Waals surface area contributed by atoms with Gasteiger partial charge in [-0.25, -0.2) is 14.6 Å². The lowest BCUT2D eigenvalue weighted by atomic mass is 9.86. The Hall–Kier alpha value is -2.85. The smallest absolute Gasteiger partial charge is 0.344 e. The fourth-order valence-corrected chi connectivity index (χ4v) is 4.18. The number of nitriles is 1. The van der Waals surface area contributed by atoms with Gasteiger partial charge in [-0.15, -0.1) is 0 Å². The molecule has 0 spiro atoms. The van der Waals surface area contributed by atoms with Crippen LogP contribution in [0.4, 0.5) is 0 Å². The minimum atomic E-state index is -1.97. The molecule has 1 aliphatic heterocycles. The zero-order valence-electron chi connectivity index (χ0n) is 17.7. The van der Waals surface area contributed by atoms with Gasteiger partial charge in [0.1, 0.15) is 17.2 Å². The molecule has 1 aromatic rings. The van der Waals surface area contributed by atoms with Gasteiger partial charge in [0.15, 0.2) is 0 Å². The first-order valence-corrected chi connectivity index (χ1v) is 10.9. The lowest BCUT2D eigenvalue weighted by Crippen LogP contribution is -2.32. The van der Waals surface area contributed by atoms with Crippen molar-refractivity contribution in [1.82, 2.24) is 0 Å². The van der Waals surface area contributed by atoms with Crippen LogP contribution in [-0.4, -0.2) is 37.1 Å². The van der Waals surface area contributed by atoms with Crippen LogP contribution in [-0.2, 0) is 29.4 Å². The molecule has 164 valence electrons. The summed E-state index contributed by atoms with van der Waals surface area (Å²) >= 11 is 6.39. The van der Waals surface area contributed by atoms with Gasteiger partial charge >= 0.3 is 11.9 Å². The van der Waals surface area contributed by atoms with E-state index in [0.29, 0.717) is 0 Å². The van der Waals surface area contributed by atoms with Crippen molar-refractivity contribution in [2.75, 3.05) is 13.2 Å². The van der Waals surface area contributed by atoms with Crippen LogP contribution in [0.15, 0.2) is 40.4 Å². The molecule has 1 aliphatic carbocycles. The molecule has 0 amide bonds. The SMILES string of the molecule is CCOC(=O)C1=C(C(=O)OCC)C(C#N)(c2ccccc2Cl)OC1=NC1CCCCC1. The molecule has 0 aromatic heterocycles. The molecule has 7 nitrogen and oxygen atoms in total. The van der Waals surface area contributed by atoms with E-state index < -0.39 is 17.5 Å². The Morgan fingerprint density at radius 2 is 1.81 bits per heavy atom. The second-order valence-corrected chi connectivity index (χ2v) is 7.70. The number of rotatable bonds is 6. The minimum Gasteiger partial charge on any atom is -0.462 e. The summed E-state index contributed by atoms with van der Waals surface area (Å²) in [6.45, 7) is 3.43. The summed E-state index contributed by atoms with van der Waals surface area (Å²) in [6.07, 6.45) is 4.82. The molecular weight excluding hydrogens is 420 g/mol. The number of carbonyl (C=O) groups is 2. The fraction of sp³-hybridized carbons (Fsp3) is 0.478. The Morgan fingerprint density at radius 3 is 2.42 bits per heavy atom. The molecule has 1 atom stereocenters. The molecule has 1 saturated carbocycles. The van der Waals surface area contributed by atoms with Gasteiger partial charge in [0.25, 0.3) is 5.60 Å². The van der Waals surface area contributed by atoms with Gasteiger partial charge in [-0.1, -0.05) is 49.1 Å². The molecule has 0 bridgehead atoms. The molecule has 0 saturated heterocycles. The minimum absolute atomic E-state index is 0.0531. The Balaban J connectivity index is 2.26. The maximum absolute atomic E-state index is 13.0. The first kappa shape index (κ1) is 22.8. The number of nitrogens with zero attached hydrogens (tertiary/aromatic N) is 2. The van der Waals surface area contributed by atoms with Crippen LogP contribution < -0.4 is 0 Å². The molecule has 1 heterocycles. The van der Waals surface area contributed by atoms with Crippen molar-refractivity contribution < 1.29 is 23.8 Å². The highest BCUT2D eigenvalue weighted by molar-refractivity contribution is 6.32. The predicted octanol–water partition coefficient (Wildman–Crippen LogP) is 4.24. The van der Waals surface area contributed by atoms with Crippen LogP contribution in [0.1, 0.15) is 51.5 Å². The molecular formula is C23H25ClN2O5. The number of hydrogen-bond donors (Lipinski definition) is 0. The Labute approximate surface area is 186 Å². The third-order valence-electron chi connectivity index (χ3n) is 5.31. The van der Waals surface area contributed by atoms with Crippen molar-refractivity contribution in [3.63, 3.8) is 0 Å². The summed E-state index contributed by atoms with van der Waals surface area (Å²) in [4.78, 5) is 30.6. The molecule has 0 N–H and O–H groups in total. The standard InChI is InChI=1S/C23H25ClN2O5/c1-3-29-21(27)18-19(22(28)30-4-2)23(14-25,16-12-8-9-13-17(16)24)31-20(18)26-15-10-6-5-7-11-15/h8-9,12-13,15H,3-7,10-11H2,1-2H3. The Kier molecular flexibility index (Phi) is 7.34. The maximum Gasteiger partial charge on any atom is 0.344 e. The van der Waals surface area contributed by atoms with Crippen molar-refractivity contribution in [2.24, 2.45) is 4.99 Å². The molecule has 0 radical (unpaired) electrons. The van der Waals surface area contributed by atoms with Gasteiger partial charge in [-0.05, 0) is 32.8 Å². The Morgan fingerprint density at radius 1 is 1.16 bits per heavy atom. The molecule has 3 rings (SSSR count). The average Bonchev–Trinajstić information content (AvgIpc) is 3.10. The number of esters is 2. The van der Waals surface area contributed by atoms with E-state index in [1.54, 1.807) is 38.1 Å². The van der Waals surface area contributed by atoms with E-state index in [2.05, 4.69) is 11.1 Å². The van der Waals surface area contributed by atoms with Crippen LogP contribution in [0, 0.1) is 11.3 Å². The summed E-state index contributed by atoms with van der Waals surface area (Å²) in [5.74, 6) is -1.71. The van der Waals surface area contributed by atoms with Crippen molar-refractivity contribution in [3.8, 4) is 6.07 Å². The monoisotopic (exact) mass is 444 g/mol. The third kappa shape index (κ3) is 4.45. The average molecular weight is 445 g/mol. The molecule has 2 aliphatic rings. The van der Waals surface area contributed by atoms with Gasteiger partial charge in [-0.3, -0.25) is 0 Å². The number of carbonyl (C=O) groups excluding carboxylic acids is 2. The summed E-state index contributed by atoms with van der Waals surface area (Å²) in [7, 11) is 0. The highest BCUT2D eigenvalue weighted by Gasteiger charge is 2.56. The van der Waals surface area contributed by atoms with E-state index in [1.807, 2.05) is 0 Å². The van der Waals surface area contributed by atoms with Crippen LogP contribution in [0.5, 0.6) is 0 Å². The maximum atomic E-state index is 13.0. The van der Waals surface area contributed by atoms with Gasteiger partial charge in [0, 0.05) is 10.6 Å². The van der Waals surface area contributed by atoms with Gasteiger partial charge in [0.05, 0.1) is 19.3 Å². The molecule has 1 fully saturated rings. The summed E-state index contributed by atoms with van der Waals surface area (Å²) in [5.41, 5.74) is -2.16. The topological polar surface area (TPSA) is 98.0 Å². The van der Waals surface area contributed by atoms with E-state index >= 15 is 0 Å². The van der Waals surface area contributed by atoms with Crippen molar-refractivity contribution in [1.29, 1.82) is 5.26 Å². The van der Waals surface area contributed by atoms with E-state index in [-0.39, 0.29) is 46.9 Å². The second kappa shape index (κ2) is 9.97. The largest absolute Gasteiger partial charge is 0.462 e. The Bertz CT molecular complexity index is 959. The number of halogens is 1. The van der Waals surface area contributed by atoms with Crippen LogP contribution in [0.2, 0.25) is 5.02 Å². The first-order chi connectivity index (χ1) is 15.0. The van der Waals surface area contributed by atoms with Crippen LogP contribution >= 0.6 is 11.6 Å². The molecule has 8 heteroatoms. The normalized spacial score (nSPS) is 22.7. The van der Waals surface area contributed by atoms with E-state index in [0.717, 1.165) is 32.1 Å². The van der Waals surface area contributed by atoms with E-state index in [4.69, 9.17) is 25.8 Å². The van der Waals surface area contributed by atoms with E-state index in [1.165, 1.54) is 0 Å². The first-order valence-electron chi connectivity index (χ1n) is 10.5. The summed E-state index contributed by atoms with van der Waals surface area (Å²) in [5, 5.41) is 10.5. The van der Waals surface area contributed by atoms with Crippen molar-refractivity contribution in [2.45, 2.75) is 57.6 Å². The summed E-state index contributed by atoms with van der Waals surface area (Å²) < 4.78 is 16.5. The zero-order valence-corrected chi connectivity index (χ0v) is 18.4. The van der Waals surface area contributed by atoms with Gasteiger partial charge in [-0.2, -0.15) is 5.26 Å². The van der Waals surface area contributed by atoms with Crippen molar-refractivity contribution in [3.05, 3.63) is 46.0 Å². The fourth-order valence-electron chi connectivity index (χ4n) is 3.91. The van der Waals surface area contributed by atoms with Gasteiger partial charge < -0.3 is 14.2 Å². The van der Waals surface area contributed by atoms with E-state index in [9.17, 15) is 14.9 Å². The zero-order chi connectivity index (χ0) is 22.4. The lowest BCUT2D eigenvalue weighted by molar-refractivity contribution is -0.142. The van der Waals surface area contributed by atoms with Crippen LogP contribution in [0.25, 0.3) is 0 Å².